The Kier molecular flexibility index (Phi) is 4.69. The van der Waals surface area contributed by atoms with Crippen LogP contribution in [0, 0.1) is 0 Å². The fourth-order valence-corrected chi connectivity index (χ4v) is 3.70. The molecule has 1 aromatic carbocycles. The summed E-state index contributed by atoms with van der Waals surface area (Å²) in [6.07, 6.45) is 0.983. The van der Waals surface area contributed by atoms with Gasteiger partial charge in [-0.25, -0.2) is 4.79 Å². The van der Waals surface area contributed by atoms with Crippen LogP contribution in [0.2, 0.25) is 0 Å². The van der Waals surface area contributed by atoms with Gasteiger partial charge in [-0.3, -0.25) is 0 Å². The third kappa shape index (κ3) is 2.92. The van der Waals surface area contributed by atoms with Gasteiger partial charge in [0.25, 0.3) is 0 Å². The van der Waals surface area contributed by atoms with Gasteiger partial charge in [0.2, 0.25) is 0 Å². The molecule has 0 saturated heterocycles. The maximum atomic E-state index is 12.1. The molecule has 0 radical (unpaired) electrons. The largest absolute Gasteiger partial charge is 0.494 e. The topological polar surface area (TPSA) is 38.8 Å². The number of carbonyl (C=O) groups excluding carboxylic acids is 1. The fraction of sp³-hybridized carbons (Fsp3) is 0.611. The molecule has 0 bridgehead atoms. The van der Waals surface area contributed by atoms with Crippen molar-refractivity contribution in [2.45, 2.75) is 58.5 Å². The normalized spacial score (nSPS) is 21.0. The molecule has 0 aromatic heterocycles. The highest BCUT2D eigenvalue weighted by Gasteiger charge is 2.41. The van der Waals surface area contributed by atoms with Gasteiger partial charge in [0.1, 0.15) is 11.8 Å². The SMILES string of the molecule is CCOc1ccc2c(c1)[C@H](C)CC(C)(C)N2[C@@H](C)C(=O)OC. The van der Waals surface area contributed by atoms with E-state index in [1.807, 2.05) is 19.9 Å². The van der Waals surface area contributed by atoms with Crippen molar-refractivity contribution < 1.29 is 14.3 Å². The Labute approximate surface area is 133 Å². The predicted octanol–water partition coefficient (Wildman–Crippen LogP) is 3.74. The molecule has 4 nitrogen and oxygen atoms in total. The van der Waals surface area contributed by atoms with Gasteiger partial charge < -0.3 is 14.4 Å². The van der Waals surface area contributed by atoms with Gasteiger partial charge in [0.15, 0.2) is 0 Å². The number of hydrogen-bond donors (Lipinski definition) is 0. The molecule has 1 aliphatic rings. The first-order valence-corrected chi connectivity index (χ1v) is 7.95. The highest BCUT2D eigenvalue weighted by Crippen LogP contribution is 2.45. The summed E-state index contributed by atoms with van der Waals surface area (Å²) in [6.45, 7) is 11.1. The van der Waals surface area contributed by atoms with Crippen molar-refractivity contribution in [3.05, 3.63) is 23.8 Å². The number of benzene rings is 1. The Morgan fingerprint density at radius 1 is 1.45 bits per heavy atom. The Morgan fingerprint density at radius 2 is 2.14 bits per heavy atom. The summed E-state index contributed by atoms with van der Waals surface area (Å²) in [5.74, 6) is 1.10. The van der Waals surface area contributed by atoms with Crippen LogP contribution in [0.25, 0.3) is 0 Å². The Balaban J connectivity index is 2.50. The molecule has 1 aromatic rings. The summed E-state index contributed by atoms with van der Waals surface area (Å²) < 4.78 is 10.6. The first kappa shape index (κ1) is 16.7. The number of anilines is 1. The second-order valence-corrected chi connectivity index (χ2v) is 6.64. The van der Waals surface area contributed by atoms with Crippen LogP contribution in [0.1, 0.15) is 52.5 Å². The van der Waals surface area contributed by atoms with Gasteiger partial charge in [-0.1, -0.05) is 6.92 Å². The third-order valence-electron chi connectivity index (χ3n) is 4.49. The Morgan fingerprint density at radius 3 is 2.73 bits per heavy atom. The highest BCUT2D eigenvalue weighted by molar-refractivity contribution is 5.81. The van der Waals surface area contributed by atoms with Crippen LogP contribution in [-0.2, 0) is 9.53 Å². The monoisotopic (exact) mass is 305 g/mol. The number of esters is 1. The lowest BCUT2D eigenvalue weighted by Gasteiger charge is -2.49. The Hall–Kier alpha value is -1.71. The number of ether oxygens (including phenoxy) is 2. The lowest BCUT2D eigenvalue weighted by atomic mass is 9.79. The summed E-state index contributed by atoms with van der Waals surface area (Å²) in [6, 6.07) is 5.84. The summed E-state index contributed by atoms with van der Waals surface area (Å²) in [5, 5.41) is 0. The molecule has 0 fully saturated rings. The zero-order valence-corrected chi connectivity index (χ0v) is 14.5. The van der Waals surface area contributed by atoms with E-state index in [2.05, 4.69) is 37.8 Å². The van der Waals surface area contributed by atoms with Crippen LogP contribution < -0.4 is 9.64 Å². The zero-order valence-electron chi connectivity index (χ0n) is 14.5. The fourth-order valence-electron chi connectivity index (χ4n) is 3.70. The number of fused-ring (bicyclic) bond motifs is 1. The van der Waals surface area contributed by atoms with E-state index in [4.69, 9.17) is 9.47 Å². The number of carbonyl (C=O) groups is 1. The lowest BCUT2D eigenvalue weighted by Crippen LogP contribution is -2.55. The molecular weight excluding hydrogens is 278 g/mol. The average molecular weight is 305 g/mol. The first-order chi connectivity index (χ1) is 10.3. The average Bonchev–Trinajstić information content (AvgIpc) is 2.46. The molecule has 1 aliphatic heterocycles. The van der Waals surface area contributed by atoms with E-state index in [1.54, 1.807) is 0 Å². The van der Waals surface area contributed by atoms with Crippen LogP contribution in [0.4, 0.5) is 5.69 Å². The van der Waals surface area contributed by atoms with Crippen molar-refractivity contribution in [1.82, 2.24) is 0 Å². The zero-order chi connectivity index (χ0) is 16.5. The van der Waals surface area contributed by atoms with E-state index in [1.165, 1.54) is 12.7 Å². The second kappa shape index (κ2) is 6.19. The molecule has 2 atom stereocenters. The molecule has 0 saturated carbocycles. The summed E-state index contributed by atoms with van der Waals surface area (Å²) in [5.41, 5.74) is 2.23. The van der Waals surface area contributed by atoms with Crippen molar-refractivity contribution in [2.24, 2.45) is 0 Å². The number of nitrogens with zero attached hydrogens (tertiary/aromatic N) is 1. The van der Waals surface area contributed by atoms with Crippen molar-refractivity contribution in [2.75, 3.05) is 18.6 Å². The Bertz CT molecular complexity index is 553. The first-order valence-electron chi connectivity index (χ1n) is 7.95. The van der Waals surface area contributed by atoms with Gasteiger partial charge in [0.05, 0.1) is 13.7 Å². The lowest BCUT2D eigenvalue weighted by molar-refractivity contribution is -0.142. The van der Waals surface area contributed by atoms with Crippen molar-refractivity contribution >= 4 is 11.7 Å². The van der Waals surface area contributed by atoms with Crippen LogP contribution in [0.15, 0.2) is 18.2 Å². The van der Waals surface area contributed by atoms with Crippen LogP contribution in [0.5, 0.6) is 5.75 Å². The van der Waals surface area contributed by atoms with Crippen LogP contribution in [0.3, 0.4) is 0 Å². The van der Waals surface area contributed by atoms with Crippen molar-refractivity contribution in [3.63, 3.8) is 0 Å². The minimum Gasteiger partial charge on any atom is -0.494 e. The standard InChI is InChI=1S/C18H27NO3/c1-7-22-14-8-9-16-15(10-14)12(2)11-18(4,5)19(16)13(3)17(20)21-6/h8-10,12-13H,7,11H2,1-6H3/t12-,13+/m1/s1. The quantitative estimate of drug-likeness (QED) is 0.794. The number of rotatable bonds is 4. The maximum absolute atomic E-state index is 12.1. The second-order valence-electron chi connectivity index (χ2n) is 6.64. The molecule has 2 rings (SSSR count). The van der Waals surface area contributed by atoms with E-state index in [-0.39, 0.29) is 17.6 Å². The molecule has 22 heavy (non-hydrogen) atoms. The molecule has 122 valence electrons. The minimum atomic E-state index is -0.316. The van der Waals surface area contributed by atoms with Crippen LogP contribution >= 0.6 is 0 Å². The smallest absolute Gasteiger partial charge is 0.328 e. The predicted molar refractivity (Wildman–Crippen MR) is 88.7 cm³/mol. The van der Waals surface area contributed by atoms with Gasteiger partial charge in [-0.2, -0.15) is 0 Å². The van der Waals surface area contributed by atoms with Crippen molar-refractivity contribution in [3.8, 4) is 5.75 Å². The maximum Gasteiger partial charge on any atom is 0.328 e. The summed E-state index contributed by atoms with van der Waals surface area (Å²) in [7, 11) is 1.44. The van der Waals surface area contributed by atoms with E-state index in [0.717, 1.165) is 17.9 Å². The number of methoxy groups -OCH3 is 1. The highest BCUT2D eigenvalue weighted by atomic mass is 16.5. The minimum absolute atomic E-state index is 0.104. The van der Waals surface area contributed by atoms with Gasteiger partial charge in [-0.15, -0.1) is 0 Å². The number of hydrogen-bond acceptors (Lipinski definition) is 4. The molecule has 0 spiro atoms. The molecule has 0 N–H and O–H groups in total. The molecule has 0 amide bonds. The molecular formula is C18H27NO3. The molecule has 0 aliphatic carbocycles. The van der Waals surface area contributed by atoms with Crippen molar-refractivity contribution in [1.29, 1.82) is 0 Å². The van der Waals surface area contributed by atoms with E-state index >= 15 is 0 Å². The van der Waals surface area contributed by atoms with Gasteiger partial charge in [0, 0.05) is 11.2 Å². The molecule has 4 heteroatoms. The molecule has 0 unspecified atom stereocenters. The third-order valence-corrected chi connectivity index (χ3v) is 4.49. The van der Waals surface area contributed by atoms with Gasteiger partial charge in [-0.05, 0) is 63.8 Å². The summed E-state index contributed by atoms with van der Waals surface area (Å²) in [4.78, 5) is 14.3. The van der Waals surface area contributed by atoms with Gasteiger partial charge >= 0.3 is 5.97 Å². The van der Waals surface area contributed by atoms with E-state index in [0.29, 0.717) is 12.5 Å². The van der Waals surface area contributed by atoms with E-state index in [9.17, 15) is 4.79 Å². The molecule has 1 heterocycles. The van der Waals surface area contributed by atoms with E-state index < -0.39 is 0 Å². The summed E-state index contributed by atoms with van der Waals surface area (Å²) >= 11 is 0. The van der Waals surface area contributed by atoms with Crippen LogP contribution in [-0.4, -0.2) is 31.3 Å².